The van der Waals surface area contributed by atoms with Gasteiger partial charge in [0.25, 0.3) is 0 Å². The van der Waals surface area contributed by atoms with E-state index in [2.05, 4.69) is 28.2 Å². The second kappa shape index (κ2) is 10.3. The van der Waals surface area contributed by atoms with Crippen LogP contribution in [0.5, 0.6) is 0 Å². The Bertz CT molecular complexity index is 370. The second-order valence-electron chi connectivity index (χ2n) is 4.70. The summed E-state index contributed by atoms with van der Waals surface area (Å²) in [5.74, 6) is -0.219. The molecule has 1 rings (SSSR count). The number of hydrogen-bond donors (Lipinski definition) is 1. The highest BCUT2D eigenvalue weighted by Crippen LogP contribution is 2.16. The highest BCUT2D eigenvalue weighted by Gasteiger charge is 2.10. The highest BCUT2D eigenvalue weighted by molar-refractivity contribution is 9.10. The Morgan fingerprint density at radius 2 is 2.10 bits per heavy atom. The van der Waals surface area contributed by atoms with Gasteiger partial charge < -0.3 is 14.8 Å². The van der Waals surface area contributed by atoms with Gasteiger partial charge in [0.1, 0.15) is 5.82 Å². The average Bonchev–Trinajstić information content (AvgIpc) is 2.39. The molecular formula is C15H23BrFNO2. The van der Waals surface area contributed by atoms with Crippen molar-refractivity contribution in [1.29, 1.82) is 0 Å². The van der Waals surface area contributed by atoms with E-state index in [0.717, 1.165) is 29.4 Å². The van der Waals surface area contributed by atoms with Gasteiger partial charge >= 0.3 is 0 Å². The third-order valence-electron chi connectivity index (χ3n) is 2.84. The van der Waals surface area contributed by atoms with Crippen molar-refractivity contribution >= 4 is 15.9 Å². The molecule has 0 heterocycles. The predicted molar refractivity (Wildman–Crippen MR) is 82.6 cm³/mol. The zero-order valence-electron chi connectivity index (χ0n) is 12.1. The molecule has 0 fully saturated rings. The Hall–Kier alpha value is -0.490. The molecule has 0 saturated heterocycles. The van der Waals surface area contributed by atoms with Gasteiger partial charge in [-0.1, -0.05) is 22.9 Å². The van der Waals surface area contributed by atoms with Crippen molar-refractivity contribution in [2.24, 2.45) is 0 Å². The maximum atomic E-state index is 13.4. The van der Waals surface area contributed by atoms with Crippen molar-refractivity contribution in [3.63, 3.8) is 0 Å². The van der Waals surface area contributed by atoms with Gasteiger partial charge in [-0.15, -0.1) is 0 Å². The molecule has 114 valence electrons. The van der Waals surface area contributed by atoms with Gasteiger partial charge in [-0.2, -0.15) is 0 Å². The smallest absolute Gasteiger partial charge is 0.124 e. The number of ether oxygens (including phenoxy) is 2. The Kier molecular flexibility index (Phi) is 9.02. The van der Waals surface area contributed by atoms with E-state index < -0.39 is 0 Å². The third kappa shape index (κ3) is 7.33. The maximum absolute atomic E-state index is 13.4. The fourth-order valence-corrected chi connectivity index (χ4v) is 2.43. The van der Waals surface area contributed by atoms with Crippen molar-refractivity contribution in [2.45, 2.75) is 25.8 Å². The first-order chi connectivity index (χ1) is 9.65. The fraction of sp³-hybridized carbons (Fsp3) is 0.600. The van der Waals surface area contributed by atoms with Crippen molar-refractivity contribution in [3.05, 3.63) is 34.1 Å². The lowest BCUT2D eigenvalue weighted by molar-refractivity contribution is 0.0587. The zero-order valence-corrected chi connectivity index (χ0v) is 13.7. The summed E-state index contributed by atoms with van der Waals surface area (Å²) >= 11 is 3.32. The highest BCUT2D eigenvalue weighted by atomic mass is 79.9. The minimum absolute atomic E-state index is 0.181. The first kappa shape index (κ1) is 17.6. The molecule has 1 aromatic carbocycles. The third-order valence-corrected chi connectivity index (χ3v) is 3.30. The average molecular weight is 348 g/mol. The van der Waals surface area contributed by atoms with E-state index in [1.165, 1.54) is 6.07 Å². The van der Waals surface area contributed by atoms with E-state index in [0.29, 0.717) is 19.8 Å². The van der Waals surface area contributed by atoms with Crippen molar-refractivity contribution in [1.82, 2.24) is 5.32 Å². The number of rotatable bonds is 10. The molecule has 0 aliphatic rings. The van der Waals surface area contributed by atoms with Crippen LogP contribution in [0, 0.1) is 5.82 Å². The van der Waals surface area contributed by atoms with Crippen LogP contribution in [0.15, 0.2) is 22.7 Å². The molecule has 1 aromatic rings. The molecular weight excluding hydrogens is 325 g/mol. The monoisotopic (exact) mass is 347 g/mol. The van der Waals surface area contributed by atoms with Gasteiger partial charge in [0, 0.05) is 17.6 Å². The maximum Gasteiger partial charge on any atom is 0.124 e. The van der Waals surface area contributed by atoms with Gasteiger partial charge in [0.2, 0.25) is 0 Å². The van der Waals surface area contributed by atoms with Crippen molar-refractivity contribution < 1.29 is 13.9 Å². The van der Waals surface area contributed by atoms with Crippen LogP contribution in [0.3, 0.4) is 0 Å². The van der Waals surface area contributed by atoms with Crippen molar-refractivity contribution in [2.75, 3.05) is 33.5 Å². The molecule has 0 saturated carbocycles. The van der Waals surface area contributed by atoms with Crippen molar-refractivity contribution in [3.8, 4) is 0 Å². The summed E-state index contributed by atoms with van der Waals surface area (Å²) in [4.78, 5) is 0. The normalized spacial score (nSPS) is 12.6. The lowest BCUT2D eigenvalue weighted by atomic mass is 10.1. The van der Waals surface area contributed by atoms with Gasteiger partial charge in [0.15, 0.2) is 0 Å². The largest absolute Gasteiger partial charge is 0.382 e. The molecule has 0 bridgehead atoms. The van der Waals surface area contributed by atoms with E-state index in [4.69, 9.17) is 9.47 Å². The summed E-state index contributed by atoms with van der Waals surface area (Å²) in [6, 6.07) is 5.16. The molecule has 0 aliphatic carbocycles. The lowest BCUT2D eigenvalue weighted by Gasteiger charge is -2.19. The van der Waals surface area contributed by atoms with Crippen LogP contribution in [-0.4, -0.2) is 39.5 Å². The SMILES string of the molecule is CCCNC(COCCOC)Cc1cc(F)cc(Br)c1. The van der Waals surface area contributed by atoms with Crippen LogP contribution in [0.4, 0.5) is 4.39 Å². The number of hydrogen-bond acceptors (Lipinski definition) is 3. The number of methoxy groups -OCH3 is 1. The van der Waals surface area contributed by atoms with E-state index in [1.54, 1.807) is 13.2 Å². The van der Waals surface area contributed by atoms with E-state index in [-0.39, 0.29) is 11.9 Å². The summed E-state index contributed by atoms with van der Waals surface area (Å²) in [5, 5.41) is 3.43. The number of benzene rings is 1. The van der Waals surface area contributed by atoms with E-state index >= 15 is 0 Å². The van der Waals surface area contributed by atoms with Crippen LogP contribution in [0.1, 0.15) is 18.9 Å². The molecule has 0 amide bonds. The predicted octanol–water partition coefficient (Wildman–Crippen LogP) is 3.16. The molecule has 0 aromatic heterocycles. The van der Waals surface area contributed by atoms with Crippen LogP contribution in [0.25, 0.3) is 0 Å². The van der Waals surface area contributed by atoms with Gasteiger partial charge in [-0.3, -0.25) is 0 Å². The molecule has 3 nitrogen and oxygen atoms in total. The first-order valence-corrected chi connectivity index (χ1v) is 7.70. The quantitative estimate of drug-likeness (QED) is 0.659. The minimum Gasteiger partial charge on any atom is -0.382 e. The summed E-state index contributed by atoms with van der Waals surface area (Å²) < 4.78 is 24.7. The van der Waals surface area contributed by atoms with Crippen LogP contribution in [-0.2, 0) is 15.9 Å². The van der Waals surface area contributed by atoms with Gasteiger partial charge in [-0.05, 0) is 43.1 Å². The molecule has 1 unspecified atom stereocenters. The number of halogens is 2. The van der Waals surface area contributed by atoms with Crippen LogP contribution < -0.4 is 5.32 Å². The number of nitrogens with one attached hydrogen (secondary N) is 1. The molecule has 0 radical (unpaired) electrons. The minimum atomic E-state index is -0.219. The van der Waals surface area contributed by atoms with Gasteiger partial charge in [0.05, 0.1) is 19.8 Å². The molecule has 0 spiro atoms. The summed E-state index contributed by atoms with van der Waals surface area (Å²) in [6.07, 6.45) is 1.80. The Morgan fingerprint density at radius 3 is 2.75 bits per heavy atom. The summed E-state index contributed by atoms with van der Waals surface area (Å²) in [7, 11) is 1.65. The molecule has 1 atom stereocenters. The van der Waals surface area contributed by atoms with Crippen LogP contribution in [0.2, 0.25) is 0 Å². The first-order valence-electron chi connectivity index (χ1n) is 6.90. The second-order valence-corrected chi connectivity index (χ2v) is 5.62. The molecule has 5 heteroatoms. The Morgan fingerprint density at radius 1 is 1.30 bits per heavy atom. The van der Waals surface area contributed by atoms with Gasteiger partial charge in [-0.25, -0.2) is 4.39 Å². The van der Waals surface area contributed by atoms with Crippen LogP contribution >= 0.6 is 15.9 Å². The molecule has 0 aliphatic heterocycles. The standard InChI is InChI=1S/C15H23BrFNO2/c1-3-4-18-15(11-20-6-5-19-2)9-12-7-13(16)10-14(17)8-12/h7-8,10,15,18H,3-6,9,11H2,1-2H3. The topological polar surface area (TPSA) is 30.5 Å². The Balaban J connectivity index is 2.53. The van der Waals surface area contributed by atoms with E-state index in [1.807, 2.05) is 6.07 Å². The zero-order chi connectivity index (χ0) is 14.8. The fourth-order valence-electron chi connectivity index (χ4n) is 1.92. The molecule has 1 N–H and O–H groups in total. The van der Waals surface area contributed by atoms with E-state index in [9.17, 15) is 4.39 Å². The summed E-state index contributed by atoms with van der Waals surface area (Å²) in [6.45, 7) is 4.81. The lowest BCUT2D eigenvalue weighted by Crippen LogP contribution is -2.36. The molecule has 20 heavy (non-hydrogen) atoms. The Labute approximate surface area is 129 Å². The summed E-state index contributed by atoms with van der Waals surface area (Å²) in [5.41, 5.74) is 0.959.